The molecule has 1 spiro atoms. The number of amides is 1. The third kappa shape index (κ3) is 4.19. The lowest BCUT2D eigenvalue weighted by molar-refractivity contribution is -0.0720. The quantitative estimate of drug-likeness (QED) is 0.444. The van der Waals surface area contributed by atoms with Crippen LogP contribution in [0.15, 0.2) is 36.7 Å². The molecule has 10 heteroatoms. The fourth-order valence-electron chi connectivity index (χ4n) is 5.32. The van der Waals surface area contributed by atoms with Crippen molar-refractivity contribution in [1.29, 1.82) is 0 Å². The number of carbonyl (C=O) groups excluding carboxylic acids is 1. The van der Waals surface area contributed by atoms with E-state index >= 15 is 0 Å². The van der Waals surface area contributed by atoms with Crippen molar-refractivity contribution < 1.29 is 28.1 Å². The first-order valence-electron chi connectivity index (χ1n) is 12.5. The number of fused-ring (bicyclic) bond motifs is 2. The highest BCUT2D eigenvalue weighted by Gasteiger charge is 2.44. The van der Waals surface area contributed by atoms with Crippen LogP contribution in [-0.4, -0.2) is 62.1 Å². The third-order valence-electron chi connectivity index (χ3n) is 7.50. The van der Waals surface area contributed by atoms with Crippen LogP contribution in [-0.2, 0) is 14.9 Å². The molecule has 2 aromatic heterocycles. The fourth-order valence-corrected chi connectivity index (χ4v) is 5.32. The zero-order valence-electron chi connectivity index (χ0n) is 20.6. The first-order chi connectivity index (χ1) is 18.1. The van der Waals surface area contributed by atoms with Gasteiger partial charge in [-0.05, 0) is 31.0 Å². The monoisotopic (exact) mass is 508 g/mol. The Morgan fingerprint density at radius 2 is 2.08 bits per heavy atom. The average Bonchev–Trinajstić information content (AvgIpc) is 3.27. The number of rotatable bonds is 7. The molecule has 194 valence electrons. The van der Waals surface area contributed by atoms with Gasteiger partial charge < -0.3 is 34.6 Å². The summed E-state index contributed by atoms with van der Waals surface area (Å²) in [5, 5.41) is 6.40. The van der Waals surface area contributed by atoms with Crippen molar-refractivity contribution in [3.63, 3.8) is 0 Å². The number of ether oxygens (including phenoxy) is 4. The van der Waals surface area contributed by atoms with Gasteiger partial charge >= 0.3 is 0 Å². The average molecular weight is 509 g/mol. The van der Waals surface area contributed by atoms with Crippen LogP contribution >= 0.6 is 0 Å². The molecular formula is C27H29FN4O5. The van der Waals surface area contributed by atoms with Crippen molar-refractivity contribution in [2.75, 3.05) is 45.4 Å². The van der Waals surface area contributed by atoms with Crippen LogP contribution in [0, 0.1) is 5.82 Å². The Morgan fingerprint density at radius 3 is 2.84 bits per heavy atom. The van der Waals surface area contributed by atoms with Gasteiger partial charge in [0.15, 0.2) is 11.6 Å². The van der Waals surface area contributed by atoms with Crippen molar-refractivity contribution in [3.05, 3.63) is 53.7 Å². The molecule has 2 saturated heterocycles. The molecular weight excluding hydrogens is 479 g/mol. The number of aromatic nitrogens is 2. The topological polar surface area (TPSA) is 107 Å². The number of nitrogens with zero attached hydrogens (tertiary/aromatic N) is 1. The van der Waals surface area contributed by atoms with E-state index < -0.39 is 5.82 Å². The van der Waals surface area contributed by atoms with Crippen LogP contribution in [0.1, 0.15) is 35.3 Å². The van der Waals surface area contributed by atoms with E-state index in [2.05, 4.69) is 20.6 Å². The van der Waals surface area contributed by atoms with Crippen molar-refractivity contribution >= 4 is 17.3 Å². The molecule has 1 amide bonds. The molecule has 9 nitrogen and oxygen atoms in total. The molecule has 0 unspecified atom stereocenters. The van der Waals surface area contributed by atoms with Gasteiger partial charge in [-0.15, -0.1) is 0 Å². The number of aromatic amines is 1. The zero-order valence-corrected chi connectivity index (χ0v) is 20.6. The number of benzene rings is 1. The Kier molecular flexibility index (Phi) is 6.21. The molecule has 0 aliphatic carbocycles. The van der Waals surface area contributed by atoms with Crippen LogP contribution in [0.25, 0.3) is 11.3 Å². The largest absolute Gasteiger partial charge is 0.492 e. The van der Waals surface area contributed by atoms with Gasteiger partial charge in [0.2, 0.25) is 0 Å². The van der Waals surface area contributed by atoms with Gasteiger partial charge in [0.25, 0.3) is 5.91 Å². The highest BCUT2D eigenvalue weighted by molar-refractivity contribution is 6.07. The predicted octanol–water partition coefficient (Wildman–Crippen LogP) is 3.93. The highest BCUT2D eigenvalue weighted by Crippen LogP contribution is 2.47. The lowest BCUT2D eigenvalue weighted by atomic mass is 9.73. The molecule has 37 heavy (non-hydrogen) atoms. The summed E-state index contributed by atoms with van der Waals surface area (Å²) in [6.45, 7) is 2.87. The first kappa shape index (κ1) is 23.7. The lowest BCUT2D eigenvalue weighted by Gasteiger charge is -2.40. The van der Waals surface area contributed by atoms with E-state index in [4.69, 9.17) is 18.9 Å². The second-order valence-electron chi connectivity index (χ2n) is 9.61. The summed E-state index contributed by atoms with van der Waals surface area (Å²) in [7, 11) is 1.41. The molecule has 6 rings (SSSR count). The van der Waals surface area contributed by atoms with Crippen molar-refractivity contribution in [2.45, 2.75) is 30.8 Å². The molecule has 0 radical (unpaired) electrons. The van der Waals surface area contributed by atoms with E-state index in [1.54, 1.807) is 24.5 Å². The number of hydrogen-bond acceptors (Lipinski definition) is 7. The number of nitrogens with one attached hydrogen (secondary N) is 3. The van der Waals surface area contributed by atoms with E-state index in [1.807, 2.05) is 6.07 Å². The molecule has 0 bridgehead atoms. The SMILES string of the molecule is COc1c(F)cccc1Nc1c(-c2ccncc2OC[C@H]2CCO2)[nH]c2c1C(=O)NCC21CCOCC1. The van der Waals surface area contributed by atoms with Crippen LogP contribution in [0.4, 0.5) is 15.8 Å². The number of hydrogen-bond donors (Lipinski definition) is 3. The van der Waals surface area contributed by atoms with Crippen LogP contribution in [0.2, 0.25) is 0 Å². The standard InChI is InChI=1S/C27H29FN4O5/c1-34-24-18(28)3-2-4-19(24)31-23-21-25(27(15-30-26(21)33)7-11-35-12-8-27)32-22(23)17-5-9-29-13-20(17)37-14-16-6-10-36-16/h2-5,9,13,16,31-32H,6-8,10-12,14-15H2,1H3,(H,30,33)/t16-/m1/s1. The lowest BCUT2D eigenvalue weighted by Crippen LogP contribution is -2.49. The van der Waals surface area contributed by atoms with Crippen molar-refractivity contribution in [1.82, 2.24) is 15.3 Å². The third-order valence-corrected chi connectivity index (χ3v) is 7.50. The van der Waals surface area contributed by atoms with Crippen LogP contribution in [0.5, 0.6) is 11.5 Å². The minimum Gasteiger partial charge on any atom is -0.492 e. The first-order valence-corrected chi connectivity index (χ1v) is 12.5. The number of para-hydroxylation sites is 1. The maximum absolute atomic E-state index is 14.6. The molecule has 5 heterocycles. The molecule has 3 N–H and O–H groups in total. The highest BCUT2D eigenvalue weighted by atomic mass is 19.1. The van der Waals surface area contributed by atoms with E-state index in [1.165, 1.54) is 13.2 Å². The van der Waals surface area contributed by atoms with Gasteiger partial charge in [0, 0.05) is 55.7 Å². The second-order valence-corrected chi connectivity index (χ2v) is 9.61. The van der Waals surface area contributed by atoms with E-state index in [0.717, 1.165) is 37.1 Å². The number of pyridine rings is 1. The number of anilines is 2. The molecule has 2 fully saturated rings. The summed E-state index contributed by atoms with van der Waals surface area (Å²) in [4.78, 5) is 21.2. The van der Waals surface area contributed by atoms with Crippen molar-refractivity contribution in [2.24, 2.45) is 0 Å². The number of carbonyl (C=O) groups is 1. The molecule has 1 atom stereocenters. The molecule has 3 aromatic rings. The summed E-state index contributed by atoms with van der Waals surface area (Å²) >= 11 is 0. The fraction of sp³-hybridized carbons (Fsp3) is 0.407. The number of H-pyrrole nitrogens is 1. The van der Waals surface area contributed by atoms with Crippen LogP contribution < -0.4 is 20.1 Å². The number of halogens is 1. The Labute approximate surface area is 213 Å². The summed E-state index contributed by atoms with van der Waals surface area (Å²) in [5.41, 5.74) is 3.37. The summed E-state index contributed by atoms with van der Waals surface area (Å²) < 4.78 is 37.2. The summed E-state index contributed by atoms with van der Waals surface area (Å²) in [5.74, 6) is -0.0786. The Bertz CT molecular complexity index is 1320. The van der Waals surface area contributed by atoms with E-state index in [0.29, 0.717) is 54.7 Å². The smallest absolute Gasteiger partial charge is 0.255 e. The summed E-state index contributed by atoms with van der Waals surface area (Å²) in [6.07, 6.45) is 5.87. The van der Waals surface area contributed by atoms with Gasteiger partial charge in [0.1, 0.15) is 12.4 Å². The van der Waals surface area contributed by atoms with Gasteiger partial charge in [-0.1, -0.05) is 6.07 Å². The van der Waals surface area contributed by atoms with Crippen molar-refractivity contribution in [3.8, 4) is 22.8 Å². The zero-order chi connectivity index (χ0) is 25.4. The molecule has 3 aliphatic rings. The van der Waals surface area contributed by atoms with Gasteiger partial charge in [-0.2, -0.15) is 0 Å². The second kappa shape index (κ2) is 9.68. The minimum atomic E-state index is -0.503. The Morgan fingerprint density at radius 1 is 1.24 bits per heavy atom. The predicted molar refractivity (Wildman–Crippen MR) is 134 cm³/mol. The maximum atomic E-state index is 14.6. The summed E-state index contributed by atoms with van der Waals surface area (Å²) in [6, 6.07) is 6.49. The van der Waals surface area contributed by atoms with Crippen LogP contribution in [0.3, 0.4) is 0 Å². The molecule has 0 saturated carbocycles. The van der Waals surface area contributed by atoms with Gasteiger partial charge in [-0.25, -0.2) is 4.39 Å². The molecule has 3 aliphatic heterocycles. The van der Waals surface area contributed by atoms with Gasteiger partial charge in [0.05, 0.1) is 42.0 Å². The number of methoxy groups -OCH3 is 1. The molecule has 1 aromatic carbocycles. The maximum Gasteiger partial charge on any atom is 0.255 e. The van der Waals surface area contributed by atoms with E-state index in [-0.39, 0.29) is 23.2 Å². The minimum absolute atomic E-state index is 0.0512. The Hall–Kier alpha value is -3.63. The van der Waals surface area contributed by atoms with E-state index in [9.17, 15) is 9.18 Å². The Balaban J connectivity index is 1.51. The van der Waals surface area contributed by atoms with Gasteiger partial charge in [-0.3, -0.25) is 9.78 Å². The normalized spacial score (nSPS) is 20.1.